The van der Waals surface area contributed by atoms with E-state index < -0.39 is 0 Å². The Balaban J connectivity index is 2.12. The number of ether oxygens (including phenoxy) is 1. The van der Waals surface area contributed by atoms with Crippen molar-refractivity contribution in [2.45, 2.75) is 44.6 Å². The monoisotopic (exact) mass is 375 g/mol. The SMILES string of the molecule is COc1cc(NC2CCCCCC2)c(Br)cc1Br. The second-order valence-electron chi connectivity index (χ2n) is 4.80. The lowest BCUT2D eigenvalue weighted by atomic mass is 10.1. The van der Waals surface area contributed by atoms with Crippen LogP contribution in [0.1, 0.15) is 38.5 Å². The average Bonchev–Trinajstić information content (AvgIpc) is 2.61. The summed E-state index contributed by atoms with van der Waals surface area (Å²) in [7, 11) is 1.70. The van der Waals surface area contributed by atoms with E-state index in [0.717, 1.165) is 20.4 Å². The molecule has 1 aliphatic rings. The van der Waals surface area contributed by atoms with E-state index in [1.165, 1.54) is 38.5 Å². The Hall–Kier alpha value is -0.220. The highest BCUT2D eigenvalue weighted by atomic mass is 79.9. The zero-order valence-corrected chi connectivity index (χ0v) is 13.8. The molecule has 1 aliphatic carbocycles. The van der Waals surface area contributed by atoms with Gasteiger partial charge in [0.05, 0.1) is 17.3 Å². The maximum Gasteiger partial charge on any atom is 0.135 e. The van der Waals surface area contributed by atoms with Gasteiger partial charge in [0, 0.05) is 16.6 Å². The van der Waals surface area contributed by atoms with Crippen LogP contribution in [-0.2, 0) is 0 Å². The summed E-state index contributed by atoms with van der Waals surface area (Å²) in [5.74, 6) is 0.870. The van der Waals surface area contributed by atoms with Crippen molar-refractivity contribution in [2.75, 3.05) is 12.4 Å². The Labute approximate surface area is 126 Å². The molecule has 1 fully saturated rings. The molecule has 0 unspecified atom stereocenters. The number of halogens is 2. The Morgan fingerprint density at radius 2 is 1.72 bits per heavy atom. The molecule has 1 N–H and O–H groups in total. The van der Waals surface area contributed by atoms with Crippen molar-refractivity contribution in [1.82, 2.24) is 0 Å². The molecular weight excluding hydrogens is 358 g/mol. The summed E-state index contributed by atoms with van der Waals surface area (Å²) in [6.45, 7) is 0. The quantitative estimate of drug-likeness (QED) is 0.717. The van der Waals surface area contributed by atoms with Crippen LogP contribution in [0.5, 0.6) is 5.75 Å². The molecule has 18 heavy (non-hydrogen) atoms. The van der Waals surface area contributed by atoms with Gasteiger partial charge in [0.2, 0.25) is 0 Å². The van der Waals surface area contributed by atoms with Crippen molar-refractivity contribution in [1.29, 1.82) is 0 Å². The van der Waals surface area contributed by atoms with Crippen LogP contribution in [0.4, 0.5) is 5.69 Å². The molecular formula is C14H19Br2NO. The molecule has 0 bridgehead atoms. The van der Waals surface area contributed by atoms with Crippen LogP contribution in [0.2, 0.25) is 0 Å². The molecule has 0 atom stereocenters. The summed E-state index contributed by atoms with van der Waals surface area (Å²) in [5, 5.41) is 3.64. The Morgan fingerprint density at radius 1 is 1.06 bits per heavy atom. The first kappa shape index (κ1) is 14.2. The largest absolute Gasteiger partial charge is 0.495 e. The van der Waals surface area contributed by atoms with Gasteiger partial charge in [0.15, 0.2) is 0 Å². The van der Waals surface area contributed by atoms with E-state index in [1.54, 1.807) is 7.11 Å². The number of anilines is 1. The smallest absolute Gasteiger partial charge is 0.135 e. The normalized spacial score (nSPS) is 17.3. The number of benzene rings is 1. The minimum absolute atomic E-state index is 0.592. The van der Waals surface area contributed by atoms with E-state index in [1.807, 2.05) is 6.07 Å². The van der Waals surface area contributed by atoms with E-state index >= 15 is 0 Å². The maximum absolute atomic E-state index is 5.35. The zero-order chi connectivity index (χ0) is 13.0. The van der Waals surface area contributed by atoms with Gasteiger partial charge in [-0.1, -0.05) is 25.7 Å². The maximum atomic E-state index is 5.35. The molecule has 1 saturated carbocycles. The Bertz CT molecular complexity index is 401. The lowest BCUT2D eigenvalue weighted by Gasteiger charge is -2.19. The van der Waals surface area contributed by atoms with Gasteiger partial charge in [-0.2, -0.15) is 0 Å². The van der Waals surface area contributed by atoms with Crippen molar-refractivity contribution < 1.29 is 4.74 Å². The highest BCUT2D eigenvalue weighted by Crippen LogP contribution is 2.35. The van der Waals surface area contributed by atoms with Crippen molar-refractivity contribution in [3.8, 4) is 5.75 Å². The molecule has 0 aromatic heterocycles. The lowest BCUT2D eigenvalue weighted by Crippen LogP contribution is -2.18. The third kappa shape index (κ3) is 3.64. The van der Waals surface area contributed by atoms with Crippen molar-refractivity contribution >= 4 is 37.5 Å². The predicted molar refractivity (Wildman–Crippen MR) is 83.5 cm³/mol. The first-order valence-corrected chi connectivity index (χ1v) is 8.09. The first-order valence-electron chi connectivity index (χ1n) is 6.50. The highest BCUT2D eigenvalue weighted by molar-refractivity contribution is 9.11. The molecule has 4 heteroatoms. The van der Waals surface area contributed by atoms with Gasteiger partial charge < -0.3 is 10.1 Å². The minimum Gasteiger partial charge on any atom is -0.495 e. The lowest BCUT2D eigenvalue weighted by molar-refractivity contribution is 0.412. The van der Waals surface area contributed by atoms with E-state index in [2.05, 4.69) is 43.2 Å². The highest BCUT2D eigenvalue weighted by Gasteiger charge is 2.14. The molecule has 100 valence electrons. The molecule has 1 aromatic carbocycles. The van der Waals surface area contributed by atoms with Gasteiger partial charge in [-0.25, -0.2) is 0 Å². The van der Waals surface area contributed by atoms with Crippen LogP contribution >= 0.6 is 31.9 Å². The van der Waals surface area contributed by atoms with Crippen LogP contribution in [-0.4, -0.2) is 13.2 Å². The predicted octanol–water partition coefficient (Wildman–Crippen LogP) is 5.35. The topological polar surface area (TPSA) is 21.3 Å². The zero-order valence-electron chi connectivity index (χ0n) is 10.6. The summed E-state index contributed by atoms with van der Waals surface area (Å²) in [6, 6.07) is 4.69. The number of hydrogen-bond acceptors (Lipinski definition) is 2. The molecule has 0 saturated heterocycles. The molecule has 0 radical (unpaired) electrons. The second kappa shape index (κ2) is 6.80. The van der Waals surface area contributed by atoms with E-state index in [9.17, 15) is 0 Å². The molecule has 1 aromatic rings. The van der Waals surface area contributed by atoms with Crippen molar-refractivity contribution in [2.24, 2.45) is 0 Å². The number of nitrogens with one attached hydrogen (secondary N) is 1. The second-order valence-corrected chi connectivity index (χ2v) is 6.51. The molecule has 0 heterocycles. The number of hydrogen-bond donors (Lipinski definition) is 1. The van der Waals surface area contributed by atoms with Crippen LogP contribution in [0.3, 0.4) is 0 Å². The van der Waals surface area contributed by atoms with Gasteiger partial charge in [0.25, 0.3) is 0 Å². The van der Waals surface area contributed by atoms with Crippen molar-refractivity contribution in [3.63, 3.8) is 0 Å². The van der Waals surface area contributed by atoms with Gasteiger partial charge in [0.1, 0.15) is 5.75 Å². The van der Waals surface area contributed by atoms with E-state index in [0.29, 0.717) is 6.04 Å². The fraction of sp³-hybridized carbons (Fsp3) is 0.571. The van der Waals surface area contributed by atoms with Gasteiger partial charge >= 0.3 is 0 Å². The number of rotatable bonds is 3. The van der Waals surface area contributed by atoms with Gasteiger partial charge in [-0.15, -0.1) is 0 Å². The van der Waals surface area contributed by atoms with Crippen LogP contribution < -0.4 is 10.1 Å². The minimum atomic E-state index is 0.592. The third-order valence-electron chi connectivity index (χ3n) is 3.46. The third-order valence-corrected chi connectivity index (χ3v) is 4.73. The summed E-state index contributed by atoms with van der Waals surface area (Å²) in [6.07, 6.45) is 7.97. The molecule has 2 nitrogen and oxygen atoms in total. The number of methoxy groups -OCH3 is 1. The van der Waals surface area contributed by atoms with Crippen LogP contribution in [0, 0.1) is 0 Å². The van der Waals surface area contributed by atoms with Gasteiger partial charge in [-0.05, 0) is 50.8 Å². The fourth-order valence-corrected chi connectivity index (χ4v) is 3.71. The standard InChI is InChI=1S/C14H19Br2NO/c1-18-14-9-13(11(15)8-12(14)16)17-10-6-4-2-3-5-7-10/h8-10,17H,2-7H2,1H3. The Kier molecular flexibility index (Phi) is 5.37. The average molecular weight is 377 g/mol. The van der Waals surface area contributed by atoms with E-state index in [4.69, 9.17) is 4.74 Å². The molecule has 0 aliphatic heterocycles. The fourth-order valence-electron chi connectivity index (χ4n) is 2.44. The summed E-state index contributed by atoms with van der Waals surface area (Å²) >= 11 is 7.11. The summed E-state index contributed by atoms with van der Waals surface area (Å²) in [5.41, 5.74) is 1.13. The molecule has 2 rings (SSSR count). The van der Waals surface area contributed by atoms with Gasteiger partial charge in [-0.3, -0.25) is 0 Å². The summed E-state index contributed by atoms with van der Waals surface area (Å²) < 4.78 is 7.40. The van der Waals surface area contributed by atoms with Crippen LogP contribution in [0.25, 0.3) is 0 Å². The summed E-state index contributed by atoms with van der Waals surface area (Å²) in [4.78, 5) is 0. The Morgan fingerprint density at radius 3 is 2.33 bits per heavy atom. The van der Waals surface area contributed by atoms with E-state index in [-0.39, 0.29) is 0 Å². The first-order chi connectivity index (χ1) is 8.70. The van der Waals surface area contributed by atoms with Crippen molar-refractivity contribution in [3.05, 3.63) is 21.1 Å². The molecule has 0 amide bonds. The molecule has 0 spiro atoms. The van der Waals surface area contributed by atoms with Crippen LogP contribution in [0.15, 0.2) is 21.1 Å².